The van der Waals surface area contributed by atoms with Gasteiger partial charge >= 0.3 is 0 Å². The Kier molecular flexibility index (Phi) is 3.80. The average Bonchev–Trinajstić information content (AvgIpc) is 2.59. The Hall–Kier alpha value is -3.20. The number of nitrogens with two attached hydrogens (primary N) is 1. The molecule has 0 spiro atoms. The van der Waals surface area contributed by atoms with Gasteiger partial charge in [-0.15, -0.1) is 0 Å². The van der Waals surface area contributed by atoms with Crippen molar-refractivity contribution in [1.29, 1.82) is 0 Å². The van der Waals surface area contributed by atoms with Crippen molar-refractivity contribution in [2.45, 2.75) is 6.92 Å². The van der Waals surface area contributed by atoms with Gasteiger partial charge in [0.2, 0.25) is 11.2 Å². The van der Waals surface area contributed by atoms with E-state index in [0.29, 0.717) is 0 Å². The van der Waals surface area contributed by atoms with Crippen LogP contribution < -0.4 is 16.6 Å². The Morgan fingerprint density at radius 3 is 2.48 bits per heavy atom. The molecular formula is C16H11F3N2O4. The van der Waals surface area contributed by atoms with Gasteiger partial charge in [0.15, 0.2) is 23.0 Å². The van der Waals surface area contributed by atoms with Gasteiger partial charge in [0.1, 0.15) is 16.9 Å². The number of aromatic hydroxyl groups is 1. The number of nitrogen functional groups attached to an aromatic ring is 1. The van der Waals surface area contributed by atoms with E-state index >= 15 is 0 Å². The first kappa shape index (κ1) is 16.7. The molecule has 0 amide bonds. The maximum atomic E-state index is 14.4. The van der Waals surface area contributed by atoms with Crippen LogP contribution in [0.4, 0.5) is 24.5 Å². The van der Waals surface area contributed by atoms with Crippen LogP contribution in [-0.4, -0.2) is 10.3 Å². The molecule has 25 heavy (non-hydrogen) atoms. The Morgan fingerprint density at radius 1 is 1.20 bits per heavy atom. The molecule has 0 unspecified atom stereocenters. The van der Waals surface area contributed by atoms with Gasteiger partial charge in [-0.25, -0.2) is 13.2 Å². The van der Waals surface area contributed by atoms with E-state index in [1.54, 1.807) is 0 Å². The number of halogens is 3. The van der Waals surface area contributed by atoms with Crippen molar-refractivity contribution in [2.24, 2.45) is 0 Å². The number of hydrogen-bond acceptors (Lipinski definition) is 6. The first-order valence-corrected chi connectivity index (χ1v) is 6.90. The van der Waals surface area contributed by atoms with E-state index in [0.717, 1.165) is 13.0 Å². The second-order valence-corrected chi connectivity index (χ2v) is 5.29. The number of nitrogens with one attached hydrogen (secondary N) is 1. The maximum absolute atomic E-state index is 14.4. The minimum absolute atomic E-state index is 0.0805. The molecule has 9 heteroatoms. The maximum Gasteiger partial charge on any atom is 0.237 e. The number of fused-ring (bicyclic) bond motifs is 1. The van der Waals surface area contributed by atoms with E-state index in [1.165, 1.54) is 17.6 Å². The van der Waals surface area contributed by atoms with E-state index in [1.807, 2.05) is 0 Å². The Morgan fingerprint density at radius 2 is 1.88 bits per heavy atom. The van der Waals surface area contributed by atoms with Crippen LogP contribution in [0.1, 0.15) is 5.56 Å². The van der Waals surface area contributed by atoms with Crippen LogP contribution in [0.15, 0.2) is 27.4 Å². The second kappa shape index (κ2) is 5.71. The molecule has 130 valence electrons. The van der Waals surface area contributed by atoms with Crippen LogP contribution in [0.25, 0.3) is 22.3 Å². The highest BCUT2D eigenvalue weighted by molar-refractivity contribution is 5.93. The number of rotatable bonds is 2. The van der Waals surface area contributed by atoms with Crippen LogP contribution in [0.3, 0.4) is 0 Å². The van der Waals surface area contributed by atoms with Crippen LogP contribution in [0.5, 0.6) is 5.75 Å². The summed E-state index contributed by atoms with van der Waals surface area (Å²) in [5.74, 6) is -4.78. The molecule has 6 nitrogen and oxygen atoms in total. The highest BCUT2D eigenvalue weighted by Gasteiger charge is 2.25. The third-order valence-corrected chi connectivity index (χ3v) is 3.79. The fourth-order valence-electron chi connectivity index (χ4n) is 2.44. The van der Waals surface area contributed by atoms with E-state index in [4.69, 9.17) is 15.4 Å². The molecule has 2 aromatic carbocycles. The highest BCUT2D eigenvalue weighted by atomic mass is 19.1. The predicted molar refractivity (Wildman–Crippen MR) is 84.0 cm³/mol. The highest BCUT2D eigenvalue weighted by Crippen LogP contribution is 2.36. The van der Waals surface area contributed by atoms with Crippen LogP contribution in [0, 0.1) is 24.4 Å². The fraction of sp³-hybridized carbons (Fsp3) is 0.0625. The number of hydrogen-bond donors (Lipinski definition) is 4. The Balaban J connectivity index is 2.47. The summed E-state index contributed by atoms with van der Waals surface area (Å²) >= 11 is 0. The largest absolute Gasteiger partial charge is 0.502 e. The van der Waals surface area contributed by atoms with Gasteiger partial charge in [-0.05, 0) is 25.1 Å². The molecule has 0 saturated heterocycles. The van der Waals surface area contributed by atoms with E-state index in [9.17, 15) is 23.1 Å². The lowest BCUT2D eigenvalue weighted by atomic mass is 10.1. The molecule has 0 radical (unpaired) electrons. The van der Waals surface area contributed by atoms with Crippen LogP contribution >= 0.6 is 0 Å². The monoisotopic (exact) mass is 352 g/mol. The van der Waals surface area contributed by atoms with Gasteiger partial charge in [0.25, 0.3) is 0 Å². The number of benzene rings is 2. The zero-order valence-electron chi connectivity index (χ0n) is 12.7. The second-order valence-electron chi connectivity index (χ2n) is 5.29. The van der Waals surface area contributed by atoms with Crippen molar-refractivity contribution in [3.05, 3.63) is 51.4 Å². The van der Waals surface area contributed by atoms with E-state index in [-0.39, 0.29) is 11.3 Å². The van der Waals surface area contributed by atoms with Crippen LogP contribution in [-0.2, 0) is 0 Å². The molecule has 0 aliphatic rings. The van der Waals surface area contributed by atoms with Gasteiger partial charge in [-0.2, -0.15) is 0 Å². The molecule has 1 heterocycles. The molecular weight excluding hydrogens is 341 g/mol. The molecule has 3 rings (SSSR count). The molecule has 0 aliphatic carbocycles. The van der Waals surface area contributed by atoms with Crippen molar-refractivity contribution in [2.75, 3.05) is 11.2 Å². The molecule has 0 saturated carbocycles. The summed E-state index contributed by atoms with van der Waals surface area (Å²) in [5.41, 5.74) is 3.39. The first-order valence-electron chi connectivity index (χ1n) is 6.90. The molecule has 5 N–H and O–H groups in total. The zero-order valence-corrected chi connectivity index (χ0v) is 12.7. The lowest BCUT2D eigenvalue weighted by molar-refractivity contribution is 0.383. The zero-order chi connectivity index (χ0) is 18.5. The molecule has 0 bridgehead atoms. The van der Waals surface area contributed by atoms with Crippen molar-refractivity contribution >= 4 is 22.3 Å². The summed E-state index contributed by atoms with van der Waals surface area (Å²) in [6.07, 6.45) is 0. The Bertz CT molecular complexity index is 1080. The minimum Gasteiger partial charge on any atom is -0.502 e. The summed E-state index contributed by atoms with van der Waals surface area (Å²) in [4.78, 5) is 12.4. The van der Waals surface area contributed by atoms with Gasteiger partial charge in [-0.3, -0.25) is 15.5 Å². The molecule has 0 atom stereocenters. The summed E-state index contributed by atoms with van der Waals surface area (Å²) < 4.78 is 47.3. The summed E-state index contributed by atoms with van der Waals surface area (Å²) in [6, 6.07) is 3.31. The quantitative estimate of drug-likeness (QED) is 0.416. The topological polar surface area (TPSA) is 109 Å². The van der Waals surface area contributed by atoms with Crippen LogP contribution in [0.2, 0.25) is 0 Å². The lowest BCUT2D eigenvalue weighted by Crippen LogP contribution is -2.10. The standard InChI is InChI=1S/C16H11F3N2O4/c1-5-10(18)12(21-24)9-13(22)14(23)15(25-16(9)11(5)19)6-2-3-8(20)7(17)4-6/h2-4,21,23-24H,20H2,1H3. The molecule has 0 aliphatic heterocycles. The Labute approximate surface area is 137 Å². The molecule has 0 fully saturated rings. The van der Waals surface area contributed by atoms with Crippen molar-refractivity contribution < 1.29 is 27.9 Å². The fourth-order valence-corrected chi connectivity index (χ4v) is 2.44. The number of anilines is 2. The van der Waals surface area contributed by atoms with Gasteiger partial charge in [0.05, 0.1) is 5.69 Å². The van der Waals surface area contributed by atoms with Gasteiger partial charge < -0.3 is 15.3 Å². The minimum atomic E-state index is -1.22. The van der Waals surface area contributed by atoms with E-state index in [2.05, 4.69) is 0 Å². The SMILES string of the molecule is Cc1c(F)c(NO)c2c(=O)c(O)c(-c3ccc(N)c(F)c3)oc2c1F. The van der Waals surface area contributed by atoms with Gasteiger partial charge in [0, 0.05) is 11.1 Å². The summed E-state index contributed by atoms with van der Waals surface area (Å²) in [5, 5.41) is 18.4. The van der Waals surface area contributed by atoms with Crippen molar-refractivity contribution in [3.8, 4) is 17.1 Å². The van der Waals surface area contributed by atoms with E-state index < -0.39 is 56.6 Å². The smallest absolute Gasteiger partial charge is 0.237 e. The first-order chi connectivity index (χ1) is 11.8. The summed E-state index contributed by atoms with van der Waals surface area (Å²) in [7, 11) is 0. The third-order valence-electron chi connectivity index (χ3n) is 3.79. The molecule has 3 aromatic rings. The van der Waals surface area contributed by atoms with Crippen molar-refractivity contribution in [1.82, 2.24) is 0 Å². The third kappa shape index (κ3) is 2.36. The normalized spacial score (nSPS) is 11.1. The van der Waals surface area contributed by atoms with Gasteiger partial charge in [-0.1, -0.05) is 0 Å². The van der Waals surface area contributed by atoms with Crippen molar-refractivity contribution in [3.63, 3.8) is 0 Å². The lowest BCUT2D eigenvalue weighted by Gasteiger charge is -2.12. The summed E-state index contributed by atoms with van der Waals surface area (Å²) in [6.45, 7) is 1.07. The molecule has 1 aromatic heterocycles. The average molecular weight is 352 g/mol. The predicted octanol–water partition coefficient (Wildman–Crippen LogP) is 3.27.